The van der Waals surface area contributed by atoms with Gasteiger partial charge in [0.05, 0.1) is 6.10 Å². The van der Waals surface area contributed by atoms with Crippen LogP contribution in [0.4, 0.5) is 0 Å². The fourth-order valence-corrected chi connectivity index (χ4v) is 2.12. The van der Waals surface area contributed by atoms with E-state index in [2.05, 4.69) is 0 Å². The van der Waals surface area contributed by atoms with Crippen molar-refractivity contribution in [2.75, 3.05) is 20.8 Å². The van der Waals surface area contributed by atoms with Crippen LogP contribution < -0.4 is 0 Å². The van der Waals surface area contributed by atoms with Crippen molar-refractivity contribution in [2.45, 2.75) is 25.2 Å². The summed E-state index contributed by atoms with van der Waals surface area (Å²) in [4.78, 5) is 0. The first-order valence-corrected chi connectivity index (χ1v) is 4.59. The number of rotatable bonds is 4. The third kappa shape index (κ3) is 2.20. The Bertz CT molecular complexity index is 147. The van der Waals surface area contributed by atoms with Gasteiger partial charge in [-0.05, 0) is 12.8 Å². The van der Waals surface area contributed by atoms with Crippen LogP contribution in [0.5, 0.6) is 0 Å². The number of hydrogen-bond donors (Lipinski definition) is 2. The molecule has 0 aromatic carbocycles. The van der Waals surface area contributed by atoms with E-state index in [1.165, 1.54) is 0 Å². The van der Waals surface area contributed by atoms with Gasteiger partial charge in [-0.15, -0.1) is 0 Å². The van der Waals surface area contributed by atoms with Gasteiger partial charge < -0.3 is 19.7 Å². The fourth-order valence-electron chi connectivity index (χ4n) is 2.12. The quantitative estimate of drug-likeness (QED) is 0.612. The standard InChI is InChI=1S/C9H18O4/c1-12-9(13-2)6-3-4-8(11)7(6)5-10/h6-11H,3-5H2,1-2H3/t6-,7+,8-/m1/s1. The van der Waals surface area contributed by atoms with Gasteiger partial charge in [0.25, 0.3) is 0 Å². The minimum Gasteiger partial charge on any atom is -0.396 e. The van der Waals surface area contributed by atoms with Crippen LogP contribution in [-0.2, 0) is 9.47 Å². The monoisotopic (exact) mass is 190 g/mol. The molecule has 0 spiro atoms. The predicted octanol–water partition coefficient (Wildman–Crippen LogP) is -0.0153. The van der Waals surface area contributed by atoms with Crippen LogP contribution in [0.3, 0.4) is 0 Å². The molecule has 0 amide bonds. The Balaban J connectivity index is 2.57. The van der Waals surface area contributed by atoms with Crippen molar-refractivity contribution in [1.82, 2.24) is 0 Å². The van der Waals surface area contributed by atoms with E-state index in [4.69, 9.17) is 14.6 Å². The second-order valence-corrected chi connectivity index (χ2v) is 3.49. The molecule has 2 N–H and O–H groups in total. The van der Waals surface area contributed by atoms with E-state index < -0.39 is 6.10 Å². The average Bonchev–Trinajstić information content (AvgIpc) is 2.50. The molecule has 78 valence electrons. The molecular formula is C9H18O4. The topological polar surface area (TPSA) is 58.9 Å². The smallest absolute Gasteiger partial charge is 0.160 e. The minimum atomic E-state index is -0.414. The summed E-state index contributed by atoms with van der Waals surface area (Å²) in [7, 11) is 3.15. The zero-order valence-corrected chi connectivity index (χ0v) is 8.14. The highest BCUT2D eigenvalue weighted by atomic mass is 16.7. The predicted molar refractivity (Wildman–Crippen MR) is 47.1 cm³/mol. The van der Waals surface area contributed by atoms with Crippen molar-refractivity contribution in [3.05, 3.63) is 0 Å². The molecule has 0 saturated heterocycles. The first kappa shape index (κ1) is 10.9. The van der Waals surface area contributed by atoms with Crippen molar-refractivity contribution in [1.29, 1.82) is 0 Å². The Hall–Kier alpha value is -0.160. The first-order valence-electron chi connectivity index (χ1n) is 4.59. The number of aliphatic hydroxyl groups is 2. The van der Waals surface area contributed by atoms with E-state index in [0.29, 0.717) is 0 Å². The van der Waals surface area contributed by atoms with E-state index in [9.17, 15) is 5.11 Å². The lowest BCUT2D eigenvalue weighted by Crippen LogP contribution is -2.33. The molecule has 1 saturated carbocycles. The molecule has 0 unspecified atom stereocenters. The molecule has 0 aromatic rings. The van der Waals surface area contributed by atoms with Crippen LogP contribution in [0.25, 0.3) is 0 Å². The lowest BCUT2D eigenvalue weighted by Gasteiger charge is -2.26. The summed E-state index contributed by atoms with van der Waals surface area (Å²) in [5.74, 6) is -0.0000926. The molecule has 4 nitrogen and oxygen atoms in total. The molecule has 0 aliphatic heterocycles. The highest BCUT2D eigenvalue weighted by Crippen LogP contribution is 2.35. The van der Waals surface area contributed by atoms with Crippen molar-refractivity contribution in [2.24, 2.45) is 11.8 Å². The molecule has 1 rings (SSSR count). The number of aliphatic hydroxyl groups excluding tert-OH is 2. The lowest BCUT2D eigenvalue weighted by molar-refractivity contribution is -0.152. The molecule has 13 heavy (non-hydrogen) atoms. The van der Waals surface area contributed by atoms with E-state index in [1.54, 1.807) is 14.2 Å². The molecule has 1 aliphatic carbocycles. The Morgan fingerprint density at radius 2 is 1.92 bits per heavy atom. The highest BCUT2D eigenvalue weighted by molar-refractivity contribution is 4.85. The van der Waals surface area contributed by atoms with Crippen LogP contribution in [-0.4, -0.2) is 43.4 Å². The first-order chi connectivity index (χ1) is 6.24. The minimum absolute atomic E-state index is 0.00491. The van der Waals surface area contributed by atoms with Gasteiger partial charge in [0.2, 0.25) is 0 Å². The van der Waals surface area contributed by atoms with E-state index in [-0.39, 0.29) is 24.7 Å². The Morgan fingerprint density at radius 3 is 2.38 bits per heavy atom. The summed E-state index contributed by atoms with van der Waals surface area (Å²) in [5, 5.41) is 18.6. The van der Waals surface area contributed by atoms with Gasteiger partial charge in [0.1, 0.15) is 0 Å². The Kier molecular flexibility index (Phi) is 4.12. The van der Waals surface area contributed by atoms with Gasteiger partial charge in [0.15, 0.2) is 6.29 Å². The third-order valence-electron chi connectivity index (χ3n) is 2.86. The zero-order valence-electron chi connectivity index (χ0n) is 8.14. The molecule has 0 heterocycles. The lowest BCUT2D eigenvalue weighted by atomic mass is 9.95. The second-order valence-electron chi connectivity index (χ2n) is 3.49. The van der Waals surface area contributed by atoms with Crippen LogP contribution >= 0.6 is 0 Å². The van der Waals surface area contributed by atoms with Gasteiger partial charge in [-0.1, -0.05) is 0 Å². The maximum absolute atomic E-state index is 9.53. The fraction of sp³-hybridized carbons (Fsp3) is 1.00. The molecule has 0 radical (unpaired) electrons. The van der Waals surface area contributed by atoms with Gasteiger partial charge in [-0.3, -0.25) is 0 Å². The van der Waals surface area contributed by atoms with Gasteiger partial charge in [-0.25, -0.2) is 0 Å². The van der Waals surface area contributed by atoms with Crippen LogP contribution in [0.15, 0.2) is 0 Å². The maximum atomic E-state index is 9.53. The van der Waals surface area contributed by atoms with Crippen molar-refractivity contribution in [3.8, 4) is 0 Å². The molecular weight excluding hydrogens is 172 g/mol. The Labute approximate surface area is 78.5 Å². The zero-order chi connectivity index (χ0) is 9.84. The summed E-state index contributed by atoms with van der Waals surface area (Å²) in [5.41, 5.74) is 0. The third-order valence-corrected chi connectivity index (χ3v) is 2.86. The van der Waals surface area contributed by atoms with Gasteiger partial charge in [-0.2, -0.15) is 0 Å². The van der Waals surface area contributed by atoms with Crippen molar-refractivity contribution < 1.29 is 19.7 Å². The second kappa shape index (κ2) is 4.91. The SMILES string of the molecule is COC(OC)[C@@H]1CC[C@@H](O)[C@H]1CO. The number of ether oxygens (including phenoxy) is 2. The number of hydrogen-bond acceptors (Lipinski definition) is 4. The number of methoxy groups -OCH3 is 2. The van der Waals surface area contributed by atoms with Crippen LogP contribution in [0.1, 0.15) is 12.8 Å². The summed E-state index contributed by atoms with van der Waals surface area (Å²) < 4.78 is 10.2. The van der Waals surface area contributed by atoms with E-state index in [0.717, 1.165) is 12.8 Å². The maximum Gasteiger partial charge on any atom is 0.160 e. The Morgan fingerprint density at radius 1 is 1.31 bits per heavy atom. The molecule has 1 aliphatic rings. The highest BCUT2D eigenvalue weighted by Gasteiger charge is 2.39. The van der Waals surface area contributed by atoms with Gasteiger partial charge in [0, 0.05) is 32.7 Å². The average molecular weight is 190 g/mol. The summed E-state index contributed by atoms with van der Waals surface area (Å²) in [6.45, 7) is -0.00491. The molecule has 4 heteroatoms. The van der Waals surface area contributed by atoms with Crippen molar-refractivity contribution >= 4 is 0 Å². The normalized spacial score (nSPS) is 34.4. The van der Waals surface area contributed by atoms with Gasteiger partial charge >= 0.3 is 0 Å². The molecule has 0 aromatic heterocycles. The van der Waals surface area contributed by atoms with E-state index in [1.807, 2.05) is 0 Å². The van der Waals surface area contributed by atoms with Crippen LogP contribution in [0.2, 0.25) is 0 Å². The molecule has 1 fully saturated rings. The summed E-state index contributed by atoms with van der Waals surface area (Å²) >= 11 is 0. The van der Waals surface area contributed by atoms with Crippen molar-refractivity contribution in [3.63, 3.8) is 0 Å². The van der Waals surface area contributed by atoms with E-state index >= 15 is 0 Å². The summed E-state index contributed by atoms with van der Waals surface area (Å²) in [6.07, 6.45) is 0.842. The molecule has 0 bridgehead atoms. The van der Waals surface area contributed by atoms with Crippen LogP contribution in [0, 0.1) is 11.8 Å². The summed E-state index contributed by atoms with van der Waals surface area (Å²) in [6, 6.07) is 0. The molecule has 3 atom stereocenters. The largest absolute Gasteiger partial charge is 0.396 e.